The third kappa shape index (κ3) is 3.20. The smallest absolute Gasteiger partial charge is 0.237 e. The van der Waals surface area contributed by atoms with Crippen LogP contribution in [0.15, 0.2) is 12.3 Å². The van der Waals surface area contributed by atoms with Crippen LogP contribution in [0.3, 0.4) is 0 Å². The molecule has 0 saturated carbocycles. The van der Waals surface area contributed by atoms with Gasteiger partial charge in [-0.05, 0) is 31.4 Å². The lowest BCUT2D eigenvalue weighted by Crippen LogP contribution is -2.19. The van der Waals surface area contributed by atoms with E-state index in [1.165, 1.54) is 7.11 Å². The average molecular weight is 250 g/mol. The summed E-state index contributed by atoms with van der Waals surface area (Å²) in [5.74, 6) is 0.369. The zero-order valence-electron chi connectivity index (χ0n) is 10.7. The van der Waals surface area contributed by atoms with Crippen molar-refractivity contribution >= 4 is 11.6 Å². The summed E-state index contributed by atoms with van der Waals surface area (Å²) >= 11 is 0. The second kappa shape index (κ2) is 5.82. The number of nitrogens with zero attached hydrogens (tertiary/aromatic N) is 1. The van der Waals surface area contributed by atoms with Crippen LogP contribution < -0.4 is 10.1 Å². The summed E-state index contributed by atoms with van der Waals surface area (Å²) in [6.07, 6.45) is 4.13. The van der Waals surface area contributed by atoms with Crippen molar-refractivity contribution in [2.75, 3.05) is 19.0 Å². The van der Waals surface area contributed by atoms with Crippen LogP contribution >= 0.6 is 0 Å². The van der Waals surface area contributed by atoms with E-state index in [4.69, 9.17) is 9.47 Å². The molecule has 1 saturated heterocycles. The zero-order chi connectivity index (χ0) is 13.0. The van der Waals surface area contributed by atoms with Crippen molar-refractivity contribution in [3.63, 3.8) is 0 Å². The maximum absolute atomic E-state index is 11.9. The van der Waals surface area contributed by atoms with Crippen LogP contribution in [0, 0.1) is 6.92 Å². The molecule has 1 aliphatic rings. The second-order valence-corrected chi connectivity index (χ2v) is 4.46. The molecule has 2 rings (SSSR count). The first-order valence-electron chi connectivity index (χ1n) is 6.11. The first kappa shape index (κ1) is 12.8. The lowest BCUT2D eigenvalue weighted by atomic mass is 10.2. The van der Waals surface area contributed by atoms with Crippen molar-refractivity contribution in [2.24, 2.45) is 0 Å². The molecule has 5 heteroatoms. The lowest BCUT2D eigenvalue weighted by molar-refractivity contribution is -0.118. The van der Waals surface area contributed by atoms with E-state index in [9.17, 15) is 4.79 Å². The molecule has 98 valence electrons. The number of rotatable bonds is 4. The molecule has 1 atom stereocenters. The number of carbonyl (C=O) groups is 1. The molecule has 2 heterocycles. The number of methoxy groups -OCH3 is 1. The first-order valence-corrected chi connectivity index (χ1v) is 6.11. The van der Waals surface area contributed by atoms with Crippen LogP contribution in [0.4, 0.5) is 5.69 Å². The van der Waals surface area contributed by atoms with Crippen molar-refractivity contribution in [3.8, 4) is 5.88 Å². The standard InChI is InChI=1S/C13H18N2O3/c1-9-6-11(13(17-2)14-8-9)15-12(16)7-10-4-3-5-18-10/h6,8,10H,3-5,7H2,1-2H3,(H,15,16)/t10-/m0/s1. The summed E-state index contributed by atoms with van der Waals surface area (Å²) in [6, 6.07) is 1.85. The third-order valence-corrected chi connectivity index (χ3v) is 2.89. The summed E-state index contributed by atoms with van der Waals surface area (Å²) in [5.41, 5.74) is 1.59. The van der Waals surface area contributed by atoms with Gasteiger partial charge in [0.1, 0.15) is 5.69 Å². The molecule has 1 fully saturated rings. The summed E-state index contributed by atoms with van der Waals surface area (Å²) in [4.78, 5) is 16.0. The van der Waals surface area contributed by atoms with Gasteiger partial charge in [0.25, 0.3) is 0 Å². The topological polar surface area (TPSA) is 60.5 Å². The normalized spacial score (nSPS) is 18.7. The van der Waals surface area contributed by atoms with E-state index < -0.39 is 0 Å². The highest BCUT2D eigenvalue weighted by molar-refractivity contribution is 5.92. The van der Waals surface area contributed by atoms with Gasteiger partial charge in [-0.3, -0.25) is 4.79 Å². The number of amides is 1. The van der Waals surface area contributed by atoms with E-state index in [0.29, 0.717) is 18.0 Å². The fourth-order valence-corrected chi connectivity index (χ4v) is 2.02. The fraction of sp³-hybridized carbons (Fsp3) is 0.538. The van der Waals surface area contributed by atoms with E-state index in [1.54, 1.807) is 6.20 Å². The number of anilines is 1. The van der Waals surface area contributed by atoms with Crippen molar-refractivity contribution in [3.05, 3.63) is 17.8 Å². The van der Waals surface area contributed by atoms with E-state index in [0.717, 1.165) is 25.0 Å². The van der Waals surface area contributed by atoms with Gasteiger partial charge >= 0.3 is 0 Å². The number of aryl methyl sites for hydroxylation is 1. The number of hydrogen-bond acceptors (Lipinski definition) is 4. The molecule has 0 aliphatic carbocycles. The molecule has 0 radical (unpaired) electrons. The summed E-state index contributed by atoms with van der Waals surface area (Å²) in [5, 5.41) is 2.82. The Kier molecular flexibility index (Phi) is 4.15. The molecule has 0 spiro atoms. The average Bonchev–Trinajstić information content (AvgIpc) is 2.82. The minimum Gasteiger partial charge on any atom is -0.480 e. The molecular weight excluding hydrogens is 232 g/mol. The van der Waals surface area contributed by atoms with Crippen LogP contribution in [0.5, 0.6) is 5.88 Å². The first-order chi connectivity index (χ1) is 8.69. The predicted octanol–water partition coefficient (Wildman–Crippen LogP) is 1.91. The van der Waals surface area contributed by atoms with E-state index in [1.807, 2.05) is 13.0 Å². The highest BCUT2D eigenvalue weighted by atomic mass is 16.5. The van der Waals surface area contributed by atoms with Gasteiger partial charge in [0.05, 0.1) is 19.6 Å². The van der Waals surface area contributed by atoms with Gasteiger partial charge in [-0.1, -0.05) is 0 Å². The Morgan fingerprint density at radius 1 is 1.67 bits per heavy atom. The molecule has 1 amide bonds. The minimum atomic E-state index is -0.0624. The van der Waals surface area contributed by atoms with Crippen LogP contribution in [0.25, 0.3) is 0 Å². The molecule has 1 aromatic heterocycles. The van der Waals surface area contributed by atoms with Crippen molar-refractivity contribution in [2.45, 2.75) is 32.3 Å². The Morgan fingerprint density at radius 2 is 2.50 bits per heavy atom. The van der Waals surface area contributed by atoms with Gasteiger partial charge in [-0.15, -0.1) is 0 Å². The third-order valence-electron chi connectivity index (χ3n) is 2.89. The summed E-state index contributed by atoms with van der Waals surface area (Å²) < 4.78 is 10.5. The number of pyridine rings is 1. The predicted molar refractivity (Wildman–Crippen MR) is 67.7 cm³/mol. The van der Waals surface area contributed by atoms with Crippen molar-refractivity contribution < 1.29 is 14.3 Å². The lowest BCUT2D eigenvalue weighted by Gasteiger charge is -2.12. The fourth-order valence-electron chi connectivity index (χ4n) is 2.02. The maximum Gasteiger partial charge on any atom is 0.237 e. The molecule has 18 heavy (non-hydrogen) atoms. The van der Waals surface area contributed by atoms with Gasteiger partial charge < -0.3 is 14.8 Å². The molecule has 0 aromatic carbocycles. The monoisotopic (exact) mass is 250 g/mol. The molecular formula is C13H18N2O3. The Hall–Kier alpha value is -1.62. The van der Waals surface area contributed by atoms with Gasteiger partial charge in [-0.25, -0.2) is 4.98 Å². The maximum atomic E-state index is 11.9. The van der Waals surface area contributed by atoms with Gasteiger partial charge in [0.2, 0.25) is 11.8 Å². The van der Waals surface area contributed by atoms with Gasteiger partial charge in [-0.2, -0.15) is 0 Å². The molecule has 5 nitrogen and oxygen atoms in total. The van der Waals surface area contributed by atoms with Gasteiger partial charge in [0, 0.05) is 12.8 Å². The van der Waals surface area contributed by atoms with Crippen LogP contribution in [-0.2, 0) is 9.53 Å². The molecule has 0 unspecified atom stereocenters. The number of carbonyl (C=O) groups excluding carboxylic acids is 1. The van der Waals surface area contributed by atoms with E-state index >= 15 is 0 Å². The number of ether oxygens (including phenoxy) is 2. The van der Waals surface area contributed by atoms with Crippen molar-refractivity contribution in [1.29, 1.82) is 0 Å². The Bertz CT molecular complexity index is 428. The quantitative estimate of drug-likeness (QED) is 0.886. The largest absolute Gasteiger partial charge is 0.480 e. The van der Waals surface area contributed by atoms with Crippen LogP contribution in [0.2, 0.25) is 0 Å². The summed E-state index contributed by atoms with van der Waals surface area (Å²) in [6.45, 7) is 2.68. The Balaban J connectivity index is 1.99. The molecule has 1 aliphatic heterocycles. The number of aromatic nitrogens is 1. The minimum absolute atomic E-state index is 0.0498. The Labute approximate surface area is 107 Å². The van der Waals surface area contributed by atoms with Crippen molar-refractivity contribution in [1.82, 2.24) is 4.98 Å². The Morgan fingerprint density at radius 3 is 3.17 bits per heavy atom. The number of nitrogens with one attached hydrogen (secondary N) is 1. The molecule has 1 aromatic rings. The number of hydrogen-bond donors (Lipinski definition) is 1. The summed E-state index contributed by atoms with van der Waals surface area (Å²) in [7, 11) is 1.54. The highest BCUT2D eigenvalue weighted by Crippen LogP contribution is 2.23. The van der Waals surface area contributed by atoms with Gasteiger partial charge in [0.15, 0.2) is 0 Å². The zero-order valence-corrected chi connectivity index (χ0v) is 10.7. The van der Waals surface area contributed by atoms with Crippen LogP contribution in [0.1, 0.15) is 24.8 Å². The van der Waals surface area contributed by atoms with E-state index in [2.05, 4.69) is 10.3 Å². The SMILES string of the molecule is COc1ncc(C)cc1NC(=O)C[C@@H]1CCCO1. The molecule has 1 N–H and O–H groups in total. The second-order valence-electron chi connectivity index (χ2n) is 4.46. The molecule has 0 bridgehead atoms. The highest BCUT2D eigenvalue weighted by Gasteiger charge is 2.19. The van der Waals surface area contributed by atoms with E-state index in [-0.39, 0.29) is 12.0 Å². The van der Waals surface area contributed by atoms with Crippen LogP contribution in [-0.4, -0.2) is 30.7 Å².